The van der Waals surface area contributed by atoms with Gasteiger partial charge in [0.25, 0.3) is 5.56 Å². The molecule has 136 heavy (non-hydrogen) atoms. The van der Waals surface area contributed by atoms with Crippen LogP contribution < -0.4 is 66.5 Å². The molecule has 9 N–H and O–H groups in total. The number of nitrogens with two attached hydrogens (primary N) is 1. The molecular weight excluding hydrogens is 1890 g/mol. The monoisotopic (exact) mass is 1990 g/mol. The number of fused-ring (bicyclic) bond motifs is 4. The van der Waals surface area contributed by atoms with Crippen molar-refractivity contribution in [2.75, 3.05) is 227 Å². The Kier molecular flexibility index (Phi) is 42.0. The highest BCUT2D eigenvalue weighted by molar-refractivity contribution is 6.64. The Morgan fingerprint density at radius 2 is 0.882 bits per heavy atom. The Labute approximate surface area is 814 Å². The number of esters is 2. The highest BCUT2D eigenvalue weighted by Crippen LogP contribution is 2.35. The predicted octanol–water partition coefficient (Wildman–Crippen LogP) is 12.3. The van der Waals surface area contributed by atoms with Crippen LogP contribution in [-0.2, 0) is 57.1 Å². The maximum absolute atomic E-state index is 13.5. The van der Waals surface area contributed by atoms with Gasteiger partial charge in [0, 0.05) is 186 Å². The van der Waals surface area contributed by atoms with E-state index in [0.717, 1.165) is 210 Å². The number of aromatic nitrogens is 6. The minimum absolute atomic E-state index is 0. The molecule has 724 valence electrons. The number of nitrogens with one attached hydrogen (secondary N) is 3. The van der Waals surface area contributed by atoms with E-state index in [2.05, 4.69) is 98.6 Å². The molecule has 42 heteroatoms. The number of aromatic amines is 2. The molecule has 0 spiro atoms. The quantitative estimate of drug-likeness (QED) is 0.0111. The van der Waals surface area contributed by atoms with Gasteiger partial charge in [0.1, 0.15) is 35.7 Å². The van der Waals surface area contributed by atoms with Crippen molar-refractivity contribution in [2.24, 2.45) is 0 Å². The summed E-state index contributed by atoms with van der Waals surface area (Å²) in [5.74, 6) is -1.60. The van der Waals surface area contributed by atoms with Crippen LogP contribution in [0.15, 0.2) is 179 Å². The van der Waals surface area contributed by atoms with Crippen LogP contribution in [0.3, 0.4) is 0 Å². The number of aromatic hydroxyl groups is 1. The molecule has 1 atom stereocenters. The van der Waals surface area contributed by atoms with Gasteiger partial charge < -0.3 is 118 Å². The van der Waals surface area contributed by atoms with Crippen LogP contribution in [0.1, 0.15) is 37.6 Å². The van der Waals surface area contributed by atoms with Crippen molar-refractivity contribution in [2.45, 2.75) is 26.4 Å². The Balaban J connectivity index is 0.000000162. The summed E-state index contributed by atoms with van der Waals surface area (Å²) in [5, 5.41) is 53.1. The molecule has 0 radical (unpaired) electrons. The first-order valence-electron chi connectivity index (χ1n) is 42.7. The summed E-state index contributed by atoms with van der Waals surface area (Å²) in [6.45, 7) is 19.7. The molecule has 6 saturated heterocycles. The zero-order valence-electron chi connectivity index (χ0n) is 74.2. The van der Waals surface area contributed by atoms with Crippen LogP contribution in [0.25, 0.3) is 43.6 Å². The minimum atomic E-state index is -2.02. The van der Waals surface area contributed by atoms with Gasteiger partial charge in [-0.15, -0.1) is 10.2 Å². The van der Waals surface area contributed by atoms with E-state index >= 15 is 0 Å². The fraction of sp³-hybridized carbons (Fsp3) is 0.340. The number of halogens is 7. The molecule has 5 aromatic heterocycles. The van der Waals surface area contributed by atoms with Crippen LogP contribution in [0, 0.1) is 5.82 Å². The number of amides is 1. The molecule has 18 rings (SSSR count). The number of carbonyl (C=O) groups is 4. The average Bonchev–Trinajstić information content (AvgIpc) is 0.804. The van der Waals surface area contributed by atoms with E-state index in [1.54, 1.807) is 25.3 Å². The number of hydrogen-bond donors (Lipinski definition) is 8. The van der Waals surface area contributed by atoms with Gasteiger partial charge in [-0.3, -0.25) is 28.8 Å². The summed E-state index contributed by atoms with van der Waals surface area (Å²) >= 11 is 35.0. The van der Waals surface area contributed by atoms with Gasteiger partial charge in [-0.2, -0.15) is 0 Å². The van der Waals surface area contributed by atoms with Crippen LogP contribution in [-0.4, -0.2) is 267 Å². The van der Waals surface area contributed by atoms with E-state index < -0.39 is 41.7 Å². The van der Waals surface area contributed by atoms with Crippen LogP contribution >= 0.6 is 69.6 Å². The number of aliphatic hydroxyl groups is 1. The second-order valence-corrected chi connectivity index (χ2v) is 32.7. The molecule has 7 aromatic carbocycles. The number of nitrogen functional groups attached to an aromatic ring is 1. The van der Waals surface area contributed by atoms with Crippen molar-refractivity contribution < 1.29 is 91.2 Å². The Morgan fingerprint density at radius 3 is 1.32 bits per heavy atom. The maximum Gasteiger partial charge on any atom is 0.491 e. The molecular formula is C94H106BCl6FN14O20. The number of methoxy groups -OCH3 is 4. The summed E-state index contributed by atoms with van der Waals surface area (Å²) < 4.78 is 64.0. The molecule has 0 saturated carbocycles. The number of H-pyrrole nitrogens is 2. The Bertz CT molecular complexity index is 5980. The molecule has 6 aliphatic rings. The van der Waals surface area contributed by atoms with Crippen molar-refractivity contribution in [1.82, 2.24) is 30.1 Å². The number of benzene rings is 7. The molecule has 6 fully saturated rings. The van der Waals surface area contributed by atoms with Gasteiger partial charge in [-0.25, -0.2) is 14.4 Å². The number of morpholine rings is 6. The third-order valence-electron chi connectivity index (χ3n) is 21.4. The Morgan fingerprint density at radius 1 is 0.471 bits per heavy atom. The number of rotatable bonds is 16. The summed E-state index contributed by atoms with van der Waals surface area (Å²) in [6.07, 6.45) is -1.93. The van der Waals surface area contributed by atoms with Gasteiger partial charge in [0.2, 0.25) is 28.5 Å². The largest absolute Gasteiger partial charge is 0.507 e. The van der Waals surface area contributed by atoms with E-state index in [0.29, 0.717) is 69.1 Å². The lowest BCUT2D eigenvalue weighted by molar-refractivity contribution is -0.143. The normalized spacial score (nSPS) is 14.8. The van der Waals surface area contributed by atoms with E-state index in [1.807, 2.05) is 91.0 Å². The first kappa shape index (κ1) is 106. The molecule has 11 heterocycles. The van der Waals surface area contributed by atoms with Crippen molar-refractivity contribution in [3.63, 3.8) is 0 Å². The number of nitrogens with zero attached hydrogens (tertiary/aromatic N) is 10. The van der Waals surface area contributed by atoms with Gasteiger partial charge >= 0.3 is 19.1 Å². The third-order valence-corrected chi connectivity index (χ3v) is 23.0. The van der Waals surface area contributed by atoms with Crippen LogP contribution in [0.4, 0.5) is 49.9 Å². The molecule has 34 nitrogen and oxygen atoms in total. The predicted molar refractivity (Wildman–Crippen MR) is 530 cm³/mol. The van der Waals surface area contributed by atoms with E-state index in [-0.39, 0.29) is 65.2 Å². The zero-order valence-corrected chi connectivity index (χ0v) is 78.8. The molecule has 1 unspecified atom stereocenters. The van der Waals surface area contributed by atoms with Gasteiger partial charge in [0.05, 0.1) is 151 Å². The first-order chi connectivity index (χ1) is 65.1. The second kappa shape index (κ2) is 53.7. The van der Waals surface area contributed by atoms with Crippen LogP contribution in [0.2, 0.25) is 25.2 Å². The van der Waals surface area contributed by atoms with Crippen molar-refractivity contribution >= 4 is 194 Å². The standard InChI is InChI=1S/C14H15ClN2O2.C14H18N2O4.C13H12Cl2N2O.C13H13ClN2O2.C13H14N2O3.C12H11BClFN2O4.C10H14N2O.C4H5ClO3.CH4/c1-18-14-9-12(15)11-3-2-10(8-13(11)16-14)17-4-6-19-7-5-17;1-19-14(18)10-13(17)15-11-3-2-4-12(9-11)16-5-7-20-8-6-16;14-11-8-13(15)16-12-7-9(1-2-10(11)12)17-3-5-18-6-4-17;14-11-8-13(17)15-12-7-9(1-2-10(11)12)16-3-5-18-6-4-16;16-12-8-13(17)14-11-7-9(1-2-10(11)12)15-3-5-18-6-4-15;1-21-11-3-2-10(16-17-11)12(18)6-4-7(13(19)20)9(15)5-8(6)14;11-9-2-1-3-10(8-9)12-4-6-13-7-5-12;1-8-4(7)2-3(5)6;/h2-3,8-9H,4-7H2,1H3;2-4,9H,5-8,10H2,1H3,(H,15,17);1-2,7-8H,3-6H2;1-2,7-8H,3-6H2,(H,15,17);1-2,7-8H,3-6H2,(H2,14,16,17);2-5,12,18-20H,1H3;1-3,8H,4-7,11H2;2H2,1H3;1H4. The molecule has 0 bridgehead atoms. The summed E-state index contributed by atoms with van der Waals surface area (Å²) in [4.78, 5) is 93.2. The summed E-state index contributed by atoms with van der Waals surface area (Å²) in [5.41, 5.74) is 16.3. The lowest BCUT2D eigenvalue weighted by Crippen LogP contribution is -2.36. The lowest BCUT2D eigenvalue weighted by atomic mass is 9.78. The van der Waals surface area contributed by atoms with E-state index in [1.165, 1.54) is 51.3 Å². The van der Waals surface area contributed by atoms with Crippen molar-refractivity contribution in [1.29, 1.82) is 0 Å². The van der Waals surface area contributed by atoms with Gasteiger partial charge in [-0.05, 0) is 139 Å². The maximum atomic E-state index is 13.5. The van der Waals surface area contributed by atoms with Crippen molar-refractivity contribution in [3.8, 4) is 17.5 Å². The Hall–Kier alpha value is -11.7. The molecule has 0 aliphatic carbocycles. The van der Waals surface area contributed by atoms with Gasteiger partial charge in [-0.1, -0.05) is 83.6 Å². The molecule has 12 aromatic rings. The van der Waals surface area contributed by atoms with E-state index in [9.17, 15) is 43.4 Å². The van der Waals surface area contributed by atoms with E-state index in [4.69, 9.17) is 123 Å². The highest BCUT2D eigenvalue weighted by atomic mass is 35.5. The SMILES string of the molecule is C.COC(=O)CC(=O)Cl.COC(=O)CC(=O)Nc1cccc(N2CCOCC2)c1.COc1cc(Cl)c2ccc(N3CCOCC3)cc2n1.COc1ccc(C(O)c2cc(B(O)O)c(F)cc2Cl)nn1.Clc1cc(Cl)c2ccc(N3CCOCC3)cc2n1.Nc1cccc(N2CCOCC2)c1.O=c1cc(Cl)c2ccc(N3CCOCC3)cc2[nH]1.O=c1cc(O)c2ccc(N3CCOCC3)cc2[nH]1. The summed E-state index contributed by atoms with van der Waals surface area (Å²) in [6, 6.07) is 50.3. The summed E-state index contributed by atoms with van der Waals surface area (Å²) in [7, 11) is 3.45. The van der Waals surface area contributed by atoms with Crippen molar-refractivity contribution in [3.05, 3.63) is 233 Å². The number of anilines is 8. The first-order valence-corrected chi connectivity index (χ1v) is 44.9. The minimum Gasteiger partial charge on any atom is -0.507 e. The van der Waals surface area contributed by atoms with Crippen LogP contribution in [0.5, 0.6) is 17.5 Å². The number of hydrogen-bond acceptors (Lipinski definition) is 31. The number of carbonyl (C=O) groups excluding carboxylic acids is 4. The lowest BCUT2D eigenvalue weighted by Gasteiger charge is -2.29. The topological polar surface area (TPSA) is 416 Å². The smallest absolute Gasteiger partial charge is 0.491 e. The fourth-order valence-corrected chi connectivity index (χ4v) is 15.8. The molecule has 1 amide bonds. The zero-order chi connectivity index (χ0) is 96.5. The average molecular weight is 1990 g/mol. The second-order valence-electron chi connectivity index (χ2n) is 30.3. The number of pyridine rings is 4. The molecule has 6 aliphatic heterocycles. The third kappa shape index (κ3) is 31.7. The van der Waals surface area contributed by atoms with Gasteiger partial charge in [0.15, 0.2) is 0 Å². The fourth-order valence-electron chi connectivity index (χ4n) is 14.4. The number of aliphatic hydroxyl groups excluding tert-OH is 1. The highest BCUT2D eigenvalue weighted by Gasteiger charge is 2.26. The number of ether oxygens (including phenoxy) is 10.